The van der Waals surface area contributed by atoms with Crippen molar-refractivity contribution in [2.75, 3.05) is 20.2 Å². The Morgan fingerprint density at radius 3 is 2.73 bits per heavy atom. The fourth-order valence-electron chi connectivity index (χ4n) is 1.71. The predicted molar refractivity (Wildman–Crippen MR) is 64.7 cm³/mol. The average Bonchev–Trinajstić information content (AvgIpc) is 2.25. The monoisotopic (exact) mass is 207 g/mol. The normalized spacial score (nSPS) is 12.5. The number of ether oxygens (including phenoxy) is 1. The van der Waals surface area contributed by atoms with Gasteiger partial charge in [0.2, 0.25) is 0 Å². The van der Waals surface area contributed by atoms with Crippen molar-refractivity contribution in [3.05, 3.63) is 29.3 Å². The molecule has 0 aliphatic heterocycles. The molecule has 1 aromatic carbocycles. The van der Waals surface area contributed by atoms with Crippen LogP contribution >= 0.6 is 0 Å². The summed E-state index contributed by atoms with van der Waals surface area (Å²) in [6, 6.07) is 6.34. The molecule has 0 aromatic heterocycles. The SMILES string of the molecule is CCNCC(C)c1cc(C)ccc1OC. The summed E-state index contributed by atoms with van der Waals surface area (Å²) in [6.07, 6.45) is 0. The van der Waals surface area contributed by atoms with E-state index in [4.69, 9.17) is 4.74 Å². The molecule has 15 heavy (non-hydrogen) atoms. The molecule has 0 spiro atoms. The van der Waals surface area contributed by atoms with E-state index < -0.39 is 0 Å². The van der Waals surface area contributed by atoms with Crippen LogP contribution in [-0.4, -0.2) is 20.2 Å². The van der Waals surface area contributed by atoms with E-state index in [9.17, 15) is 0 Å². The van der Waals surface area contributed by atoms with Gasteiger partial charge in [0.15, 0.2) is 0 Å². The number of aryl methyl sites for hydroxylation is 1. The van der Waals surface area contributed by atoms with E-state index in [1.807, 2.05) is 6.07 Å². The fraction of sp³-hybridized carbons (Fsp3) is 0.538. The van der Waals surface area contributed by atoms with Gasteiger partial charge in [0.25, 0.3) is 0 Å². The summed E-state index contributed by atoms with van der Waals surface area (Å²) < 4.78 is 5.37. The number of benzene rings is 1. The lowest BCUT2D eigenvalue weighted by atomic mass is 9.98. The molecule has 1 aromatic rings. The van der Waals surface area contributed by atoms with Crippen LogP contribution in [0.25, 0.3) is 0 Å². The number of hydrogen-bond acceptors (Lipinski definition) is 2. The van der Waals surface area contributed by atoms with Crippen LogP contribution in [0.15, 0.2) is 18.2 Å². The maximum atomic E-state index is 5.37. The first-order valence-electron chi connectivity index (χ1n) is 5.54. The minimum Gasteiger partial charge on any atom is -0.496 e. The van der Waals surface area contributed by atoms with Crippen molar-refractivity contribution in [3.8, 4) is 5.75 Å². The van der Waals surface area contributed by atoms with Crippen LogP contribution < -0.4 is 10.1 Å². The van der Waals surface area contributed by atoms with Crippen molar-refractivity contribution < 1.29 is 4.74 Å². The molecule has 0 saturated carbocycles. The molecule has 1 atom stereocenters. The van der Waals surface area contributed by atoms with Crippen molar-refractivity contribution in [3.63, 3.8) is 0 Å². The molecule has 0 radical (unpaired) electrons. The highest BCUT2D eigenvalue weighted by atomic mass is 16.5. The Hall–Kier alpha value is -1.02. The minimum atomic E-state index is 0.486. The fourth-order valence-corrected chi connectivity index (χ4v) is 1.71. The quantitative estimate of drug-likeness (QED) is 0.801. The van der Waals surface area contributed by atoms with Gasteiger partial charge in [-0.15, -0.1) is 0 Å². The summed E-state index contributed by atoms with van der Waals surface area (Å²) in [5, 5.41) is 3.36. The molecule has 0 fully saturated rings. The van der Waals surface area contributed by atoms with Gasteiger partial charge in [0.1, 0.15) is 5.75 Å². The summed E-state index contributed by atoms with van der Waals surface area (Å²) in [6.45, 7) is 8.47. The van der Waals surface area contributed by atoms with E-state index in [1.54, 1.807) is 7.11 Å². The molecule has 0 heterocycles. The van der Waals surface area contributed by atoms with E-state index in [1.165, 1.54) is 11.1 Å². The van der Waals surface area contributed by atoms with Crippen LogP contribution in [0.3, 0.4) is 0 Å². The Labute approximate surface area is 92.6 Å². The highest BCUT2D eigenvalue weighted by Gasteiger charge is 2.10. The van der Waals surface area contributed by atoms with Gasteiger partial charge in [-0.25, -0.2) is 0 Å². The average molecular weight is 207 g/mol. The lowest BCUT2D eigenvalue weighted by molar-refractivity contribution is 0.405. The summed E-state index contributed by atoms with van der Waals surface area (Å²) >= 11 is 0. The van der Waals surface area contributed by atoms with E-state index in [2.05, 4.69) is 38.2 Å². The third-order valence-corrected chi connectivity index (χ3v) is 2.62. The molecule has 0 aliphatic carbocycles. The second-order valence-corrected chi connectivity index (χ2v) is 3.95. The lowest BCUT2D eigenvalue weighted by Crippen LogP contribution is -2.19. The molecule has 1 N–H and O–H groups in total. The summed E-state index contributed by atoms with van der Waals surface area (Å²) in [4.78, 5) is 0. The second-order valence-electron chi connectivity index (χ2n) is 3.95. The summed E-state index contributed by atoms with van der Waals surface area (Å²) in [7, 11) is 1.73. The van der Waals surface area contributed by atoms with Crippen LogP contribution in [0.2, 0.25) is 0 Å². The number of likely N-dealkylation sites (N-methyl/N-ethyl adjacent to an activating group) is 1. The first-order chi connectivity index (χ1) is 7.19. The number of rotatable bonds is 5. The third-order valence-electron chi connectivity index (χ3n) is 2.62. The van der Waals surface area contributed by atoms with Gasteiger partial charge in [-0.1, -0.05) is 31.5 Å². The largest absolute Gasteiger partial charge is 0.496 e. The van der Waals surface area contributed by atoms with E-state index in [-0.39, 0.29) is 0 Å². The lowest BCUT2D eigenvalue weighted by Gasteiger charge is -2.16. The molecule has 1 rings (SSSR count). The molecular weight excluding hydrogens is 186 g/mol. The molecule has 84 valence electrons. The van der Waals surface area contributed by atoms with Crippen LogP contribution in [-0.2, 0) is 0 Å². The van der Waals surface area contributed by atoms with Crippen LogP contribution in [0.4, 0.5) is 0 Å². The molecule has 2 heteroatoms. The minimum absolute atomic E-state index is 0.486. The van der Waals surface area contributed by atoms with Crippen LogP contribution in [0.5, 0.6) is 5.75 Å². The van der Waals surface area contributed by atoms with Crippen molar-refractivity contribution in [2.45, 2.75) is 26.7 Å². The van der Waals surface area contributed by atoms with Crippen molar-refractivity contribution in [2.24, 2.45) is 0 Å². The maximum absolute atomic E-state index is 5.37. The second kappa shape index (κ2) is 5.76. The maximum Gasteiger partial charge on any atom is 0.122 e. The summed E-state index contributed by atoms with van der Waals surface area (Å²) in [5.41, 5.74) is 2.58. The summed E-state index contributed by atoms with van der Waals surface area (Å²) in [5.74, 6) is 1.48. The zero-order valence-corrected chi connectivity index (χ0v) is 10.1. The van der Waals surface area contributed by atoms with Crippen molar-refractivity contribution >= 4 is 0 Å². The Morgan fingerprint density at radius 1 is 1.40 bits per heavy atom. The molecule has 2 nitrogen and oxygen atoms in total. The number of methoxy groups -OCH3 is 1. The van der Waals surface area contributed by atoms with E-state index in [0.717, 1.165) is 18.8 Å². The molecular formula is C13H21NO. The third kappa shape index (κ3) is 3.24. The molecule has 0 saturated heterocycles. The highest BCUT2D eigenvalue weighted by Crippen LogP contribution is 2.26. The van der Waals surface area contributed by atoms with E-state index in [0.29, 0.717) is 5.92 Å². The Kier molecular flexibility index (Phi) is 4.63. The van der Waals surface area contributed by atoms with Gasteiger partial charge in [-0.05, 0) is 31.0 Å². The van der Waals surface area contributed by atoms with E-state index >= 15 is 0 Å². The van der Waals surface area contributed by atoms with Gasteiger partial charge < -0.3 is 10.1 Å². The number of hydrogen-bond donors (Lipinski definition) is 1. The Bertz CT molecular complexity index is 309. The molecule has 0 aliphatic rings. The highest BCUT2D eigenvalue weighted by molar-refractivity contribution is 5.39. The first kappa shape index (κ1) is 12.1. The standard InChI is InChI=1S/C13H21NO/c1-5-14-9-11(3)12-8-10(2)6-7-13(12)15-4/h6-8,11,14H,5,9H2,1-4H3. The van der Waals surface area contributed by atoms with Crippen LogP contribution in [0.1, 0.15) is 30.9 Å². The van der Waals surface area contributed by atoms with Crippen molar-refractivity contribution in [1.82, 2.24) is 5.32 Å². The zero-order valence-electron chi connectivity index (χ0n) is 10.1. The Balaban J connectivity index is 2.85. The predicted octanol–water partition coefficient (Wildman–Crippen LogP) is 2.72. The van der Waals surface area contributed by atoms with Gasteiger partial charge in [0, 0.05) is 6.54 Å². The topological polar surface area (TPSA) is 21.3 Å². The van der Waals surface area contributed by atoms with Crippen molar-refractivity contribution in [1.29, 1.82) is 0 Å². The molecule has 0 bridgehead atoms. The van der Waals surface area contributed by atoms with Crippen LogP contribution in [0, 0.1) is 6.92 Å². The Morgan fingerprint density at radius 2 is 2.13 bits per heavy atom. The molecule has 0 amide bonds. The smallest absolute Gasteiger partial charge is 0.122 e. The van der Waals surface area contributed by atoms with Gasteiger partial charge in [-0.3, -0.25) is 0 Å². The zero-order chi connectivity index (χ0) is 11.3. The van der Waals surface area contributed by atoms with Gasteiger partial charge in [-0.2, -0.15) is 0 Å². The first-order valence-corrected chi connectivity index (χ1v) is 5.54. The molecule has 1 unspecified atom stereocenters. The van der Waals surface area contributed by atoms with Gasteiger partial charge >= 0.3 is 0 Å². The van der Waals surface area contributed by atoms with Gasteiger partial charge in [0.05, 0.1) is 7.11 Å². The number of nitrogens with one attached hydrogen (secondary N) is 1.